The molecule has 2 aliphatic heterocycles. The van der Waals surface area contributed by atoms with Crippen LogP contribution in [0.25, 0.3) is 0 Å². The van der Waals surface area contributed by atoms with Crippen molar-refractivity contribution in [3.63, 3.8) is 0 Å². The number of carbonyl (C=O) groups excluding carboxylic acids is 1. The average Bonchev–Trinajstić information content (AvgIpc) is 3.10. The Morgan fingerprint density at radius 3 is 2.55 bits per heavy atom. The van der Waals surface area contributed by atoms with Gasteiger partial charge < -0.3 is 18.9 Å². The number of rotatable bonds is 4. The molecule has 1 aromatic rings. The fourth-order valence-corrected chi connectivity index (χ4v) is 2.62. The number of methoxy groups -OCH3 is 1. The zero-order valence-electron chi connectivity index (χ0n) is 11.1. The van der Waals surface area contributed by atoms with Gasteiger partial charge in [0.1, 0.15) is 30.6 Å². The number of cyclic esters (lactones) is 1. The summed E-state index contributed by atoms with van der Waals surface area (Å²) in [6, 6.07) is 9.72. The second-order valence-corrected chi connectivity index (χ2v) is 4.80. The lowest BCUT2D eigenvalue weighted by Crippen LogP contribution is -2.25. The Morgan fingerprint density at radius 1 is 1.20 bits per heavy atom. The number of esters is 1. The summed E-state index contributed by atoms with van der Waals surface area (Å²) < 4.78 is 21.4. The van der Waals surface area contributed by atoms with Gasteiger partial charge in [0.2, 0.25) is 0 Å². The van der Waals surface area contributed by atoms with Gasteiger partial charge >= 0.3 is 5.97 Å². The monoisotopic (exact) mass is 276 g/mol. The van der Waals surface area contributed by atoms with Crippen molar-refractivity contribution in [1.29, 1.82) is 0 Å². The molecule has 0 spiro atoms. The second-order valence-electron chi connectivity index (χ2n) is 4.80. The topological polar surface area (TPSA) is 54.0 Å². The van der Waals surface area contributed by atoms with E-state index in [0.717, 1.165) is 5.56 Å². The van der Waals surface area contributed by atoms with Crippen LogP contribution in [0.15, 0.2) is 42.9 Å². The quantitative estimate of drug-likeness (QED) is 0.789. The molecule has 3 atom stereocenters. The maximum absolute atomic E-state index is 12.0. The molecule has 0 amide bonds. The summed E-state index contributed by atoms with van der Waals surface area (Å²) in [7, 11) is 1.61. The van der Waals surface area contributed by atoms with Crippen LogP contribution in [0.4, 0.5) is 0 Å². The van der Waals surface area contributed by atoms with Crippen LogP contribution < -0.4 is 0 Å². The summed E-state index contributed by atoms with van der Waals surface area (Å²) in [5, 5.41) is 0. The Labute approximate surface area is 117 Å². The molecule has 2 heterocycles. The highest BCUT2D eigenvalue weighted by molar-refractivity contribution is 5.75. The highest BCUT2D eigenvalue weighted by Gasteiger charge is 2.46. The Balaban J connectivity index is 1.73. The van der Waals surface area contributed by atoms with Crippen molar-refractivity contribution in [1.82, 2.24) is 0 Å². The molecule has 0 N–H and O–H groups in total. The highest BCUT2D eigenvalue weighted by atomic mass is 16.7. The first-order chi connectivity index (χ1) is 9.79. The first-order valence-corrected chi connectivity index (χ1v) is 6.54. The van der Waals surface area contributed by atoms with Gasteiger partial charge in [-0.2, -0.15) is 0 Å². The van der Waals surface area contributed by atoms with E-state index in [1.165, 1.54) is 12.5 Å². The van der Waals surface area contributed by atoms with Crippen molar-refractivity contribution in [2.75, 3.05) is 7.11 Å². The molecule has 3 rings (SSSR count). The Kier molecular flexibility index (Phi) is 3.60. The maximum atomic E-state index is 12.0. The third kappa shape index (κ3) is 2.36. The Bertz CT molecular complexity index is 490. The van der Waals surface area contributed by atoms with E-state index in [9.17, 15) is 4.79 Å². The normalized spacial score (nSPS) is 26.9. The van der Waals surface area contributed by atoms with Crippen molar-refractivity contribution in [2.24, 2.45) is 5.92 Å². The Hall–Kier alpha value is -2.01. The highest BCUT2D eigenvalue weighted by Crippen LogP contribution is 2.36. The molecule has 1 fully saturated rings. The fourth-order valence-electron chi connectivity index (χ4n) is 2.62. The SMILES string of the molecule is COC(c1ccccc1)C1CC(C2OC=CO2)C(=O)O1. The molecule has 106 valence electrons. The molecule has 0 saturated carbocycles. The first kappa shape index (κ1) is 13.0. The van der Waals surface area contributed by atoms with Gasteiger partial charge in [0.05, 0.1) is 0 Å². The van der Waals surface area contributed by atoms with Crippen molar-refractivity contribution < 1.29 is 23.7 Å². The molecule has 1 saturated heterocycles. The van der Waals surface area contributed by atoms with Crippen molar-refractivity contribution in [3.8, 4) is 0 Å². The summed E-state index contributed by atoms with van der Waals surface area (Å²) in [4.78, 5) is 12.0. The minimum Gasteiger partial charge on any atom is -0.459 e. The predicted octanol–water partition coefficient (Wildman–Crippen LogP) is 2.15. The van der Waals surface area contributed by atoms with Gasteiger partial charge in [-0.25, -0.2) is 0 Å². The molecular weight excluding hydrogens is 260 g/mol. The summed E-state index contributed by atoms with van der Waals surface area (Å²) in [5.74, 6) is -0.724. The first-order valence-electron chi connectivity index (χ1n) is 6.54. The van der Waals surface area contributed by atoms with Crippen molar-refractivity contribution >= 4 is 5.97 Å². The lowest BCUT2D eigenvalue weighted by Gasteiger charge is -2.21. The van der Waals surface area contributed by atoms with Crippen LogP contribution in [0.3, 0.4) is 0 Å². The van der Waals surface area contributed by atoms with E-state index in [-0.39, 0.29) is 18.2 Å². The van der Waals surface area contributed by atoms with Crippen LogP contribution >= 0.6 is 0 Å². The molecule has 0 aliphatic carbocycles. The number of ether oxygens (including phenoxy) is 4. The van der Waals surface area contributed by atoms with Crippen LogP contribution in [0.5, 0.6) is 0 Å². The molecule has 0 aromatic heterocycles. The van der Waals surface area contributed by atoms with Crippen molar-refractivity contribution in [3.05, 3.63) is 48.4 Å². The number of hydrogen-bond donors (Lipinski definition) is 0. The van der Waals surface area contributed by atoms with Gasteiger partial charge in [0.15, 0.2) is 0 Å². The fraction of sp³-hybridized carbons (Fsp3) is 0.400. The van der Waals surface area contributed by atoms with Crippen molar-refractivity contribution in [2.45, 2.75) is 24.9 Å². The van der Waals surface area contributed by atoms with Crippen LogP contribution in [0.1, 0.15) is 18.1 Å². The third-order valence-corrected chi connectivity index (χ3v) is 3.59. The number of benzene rings is 1. The van der Waals surface area contributed by atoms with Crippen LogP contribution in [-0.4, -0.2) is 25.5 Å². The summed E-state index contributed by atoms with van der Waals surface area (Å²) in [6.45, 7) is 0. The minimum absolute atomic E-state index is 0.278. The number of hydrogen-bond acceptors (Lipinski definition) is 5. The standard InChI is InChI=1S/C15H16O5/c1-17-13(10-5-3-2-4-6-10)12-9-11(14(16)20-12)15-18-7-8-19-15/h2-8,11-13,15H,9H2,1H3. The summed E-state index contributed by atoms with van der Waals surface area (Å²) in [6.07, 6.45) is 2.21. The van der Waals surface area contributed by atoms with Gasteiger partial charge in [-0.15, -0.1) is 0 Å². The molecule has 3 unspecified atom stereocenters. The van der Waals surface area contributed by atoms with Gasteiger partial charge in [-0.05, 0) is 5.56 Å². The molecule has 5 heteroatoms. The largest absolute Gasteiger partial charge is 0.459 e. The number of carbonyl (C=O) groups is 1. The van der Waals surface area contributed by atoms with Gasteiger partial charge in [0.25, 0.3) is 6.29 Å². The van der Waals surface area contributed by atoms with E-state index in [1.54, 1.807) is 7.11 Å². The van der Waals surface area contributed by atoms with Crippen LogP contribution in [0.2, 0.25) is 0 Å². The molecule has 20 heavy (non-hydrogen) atoms. The molecule has 1 aromatic carbocycles. The van der Waals surface area contributed by atoms with E-state index in [4.69, 9.17) is 18.9 Å². The maximum Gasteiger partial charge on any atom is 0.317 e. The minimum atomic E-state index is -0.583. The van der Waals surface area contributed by atoms with E-state index >= 15 is 0 Å². The van der Waals surface area contributed by atoms with Gasteiger partial charge in [0, 0.05) is 13.5 Å². The molecule has 5 nitrogen and oxygen atoms in total. The smallest absolute Gasteiger partial charge is 0.317 e. The molecule has 0 radical (unpaired) electrons. The zero-order chi connectivity index (χ0) is 13.9. The lowest BCUT2D eigenvalue weighted by atomic mass is 9.97. The van der Waals surface area contributed by atoms with E-state index in [0.29, 0.717) is 6.42 Å². The zero-order valence-corrected chi connectivity index (χ0v) is 11.1. The Morgan fingerprint density at radius 2 is 1.90 bits per heavy atom. The lowest BCUT2D eigenvalue weighted by molar-refractivity contribution is -0.156. The molecule has 2 aliphatic rings. The van der Waals surface area contributed by atoms with E-state index in [1.807, 2.05) is 30.3 Å². The molecule has 0 bridgehead atoms. The second kappa shape index (κ2) is 5.54. The average molecular weight is 276 g/mol. The predicted molar refractivity (Wildman–Crippen MR) is 69.3 cm³/mol. The van der Waals surface area contributed by atoms with E-state index in [2.05, 4.69) is 0 Å². The summed E-state index contributed by atoms with van der Waals surface area (Å²) in [5.41, 5.74) is 0.986. The molecular formula is C15H16O5. The van der Waals surface area contributed by atoms with Crippen LogP contribution in [-0.2, 0) is 23.7 Å². The summed E-state index contributed by atoms with van der Waals surface area (Å²) >= 11 is 0. The van der Waals surface area contributed by atoms with Crippen LogP contribution in [0, 0.1) is 5.92 Å². The van der Waals surface area contributed by atoms with Gasteiger partial charge in [-0.1, -0.05) is 30.3 Å². The van der Waals surface area contributed by atoms with Gasteiger partial charge in [-0.3, -0.25) is 4.79 Å². The third-order valence-electron chi connectivity index (χ3n) is 3.59. The van der Waals surface area contributed by atoms with E-state index < -0.39 is 12.2 Å².